The molecule has 25 heavy (non-hydrogen) atoms. The zero-order chi connectivity index (χ0) is 17.4. The zero-order valence-electron chi connectivity index (χ0n) is 14.8. The lowest BCUT2D eigenvalue weighted by Gasteiger charge is -2.36. The van der Waals surface area contributed by atoms with Gasteiger partial charge in [0.05, 0.1) is 6.61 Å². The number of benzene rings is 1. The van der Waals surface area contributed by atoms with Gasteiger partial charge < -0.3 is 29.0 Å². The second-order valence-corrected chi connectivity index (χ2v) is 9.18. The molecule has 6 nitrogen and oxygen atoms in total. The second-order valence-electron chi connectivity index (χ2n) is 7.86. The Kier molecular flexibility index (Phi) is 3.35. The van der Waals surface area contributed by atoms with Gasteiger partial charge in [0, 0.05) is 10.6 Å². The van der Waals surface area contributed by atoms with E-state index in [9.17, 15) is 0 Å². The Morgan fingerprint density at radius 2 is 1.80 bits per heavy atom. The van der Waals surface area contributed by atoms with Gasteiger partial charge in [-0.1, -0.05) is 23.9 Å². The largest absolute Gasteiger partial charge is 0.365 e. The maximum Gasteiger partial charge on any atom is 0.191 e. The van der Waals surface area contributed by atoms with Gasteiger partial charge >= 0.3 is 0 Å². The summed E-state index contributed by atoms with van der Waals surface area (Å²) in [6.45, 7) is 8.18. The molecule has 3 fully saturated rings. The maximum atomic E-state index is 6.33. The van der Waals surface area contributed by atoms with Crippen molar-refractivity contribution in [1.29, 1.82) is 0 Å². The molecule has 0 aromatic heterocycles. The number of fused-ring (bicyclic) bond motifs is 3. The molecule has 0 amide bonds. The molecule has 1 spiro atoms. The van der Waals surface area contributed by atoms with Gasteiger partial charge in [-0.3, -0.25) is 0 Å². The second kappa shape index (κ2) is 5.12. The lowest BCUT2D eigenvalue weighted by atomic mass is 10.0. The summed E-state index contributed by atoms with van der Waals surface area (Å²) in [5.74, 6) is -1.28. The number of thioether (sulfide) groups is 1. The van der Waals surface area contributed by atoms with E-state index in [2.05, 4.69) is 17.4 Å². The van der Waals surface area contributed by atoms with E-state index in [0.717, 1.165) is 5.69 Å². The van der Waals surface area contributed by atoms with Crippen LogP contribution in [-0.4, -0.2) is 47.7 Å². The molecule has 1 aromatic rings. The van der Waals surface area contributed by atoms with E-state index in [1.54, 1.807) is 11.8 Å². The zero-order valence-corrected chi connectivity index (χ0v) is 15.6. The van der Waals surface area contributed by atoms with Crippen molar-refractivity contribution in [3.8, 4) is 0 Å². The smallest absolute Gasteiger partial charge is 0.191 e. The molecule has 3 saturated heterocycles. The molecule has 0 radical (unpaired) electrons. The number of hydrogen-bond donors (Lipinski definition) is 1. The summed E-state index contributed by atoms with van der Waals surface area (Å²) in [5, 5.41) is 3.67. The first-order valence-electron chi connectivity index (χ1n) is 8.67. The van der Waals surface area contributed by atoms with Gasteiger partial charge in [0.15, 0.2) is 17.9 Å². The Morgan fingerprint density at radius 3 is 2.52 bits per heavy atom. The molecule has 5 rings (SSSR count). The topological polar surface area (TPSA) is 58.2 Å². The Morgan fingerprint density at radius 1 is 1.00 bits per heavy atom. The number of hydrogen-bond acceptors (Lipinski definition) is 7. The summed E-state index contributed by atoms with van der Waals surface area (Å²) >= 11 is 1.74. The van der Waals surface area contributed by atoms with Gasteiger partial charge in [-0.2, -0.15) is 0 Å². The van der Waals surface area contributed by atoms with Gasteiger partial charge in [-0.05, 0) is 39.8 Å². The molecule has 4 heterocycles. The number of ether oxygens (including phenoxy) is 5. The highest BCUT2D eigenvalue weighted by Gasteiger charge is 2.68. The SMILES string of the molecule is CC1(C)OC[C@H]([C@H]2O[C@@H]3OC(C)(C)O[C@@H]3[C@]23Nc2ccccc2S3)O1. The first-order valence-corrected chi connectivity index (χ1v) is 9.49. The minimum absolute atomic E-state index is 0.190. The van der Waals surface area contributed by atoms with Crippen molar-refractivity contribution >= 4 is 17.4 Å². The van der Waals surface area contributed by atoms with E-state index in [-0.39, 0.29) is 18.3 Å². The Labute approximate surface area is 151 Å². The Hall–Kier alpha value is -0.830. The molecule has 0 unspecified atom stereocenters. The third kappa shape index (κ3) is 2.44. The lowest BCUT2D eigenvalue weighted by Crippen LogP contribution is -2.55. The van der Waals surface area contributed by atoms with Crippen molar-refractivity contribution in [2.45, 2.75) is 73.6 Å². The summed E-state index contributed by atoms with van der Waals surface area (Å²) in [6.07, 6.45) is -1.11. The highest BCUT2D eigenvalue weighted by Crippen LogP contribution is 2.58. The number of nitrogens with one attached hydrogen (secondary N) is 1. The molecule has 0 saturated carbocycles. The average Bonchev–Trinajstić information content (AvgIpc) is 3.22. The predicted octanol–water partition coefficient (Wildman–Crippen LogP) is 2.93. The van der Waals surface area contributed by atoms with Crippen LogP contribution in [0.5, 0.6) is 0 Å². The molecular weight excluding hydrogens is 342 g/mol. The highest BCUT2D eigenvalue weighted by atomic mass is 32.2. The van der Waals surface area contributed by atoms with Crippen molar-refractivity contribution in [1.82, 2.24) is 0 Å². The first kappa shape index (κ1) is 16.4. The van der Waals surface area contributed by atoms with E-state index in [1.807, 2.05) is 39.8 Å². The van der Waals surface area contributed by atoms with Crippen LogP contribution in [0.25, 0.3) is 0 Å². The summed E-state index contributed by atoms with van der Waals surface area (Å²) in [5.41, 5.74) is 1.09. The highest BCUT2D eigenvalue weighted by molar-refractivity contribution is 8.01. The molecular formula is C18H23NO5S. The van der Waals surface area contributed by atoms with Gasteiger partial charge in [-0.25, -0.2) is 0 Å². The van der Waals surface area contributed by atoms with Gasteiger partial charge in [0.2, 0.25) is 0 Å². The van der Waals surface area contributed by atoms with Crippen LogP contribution in [0.3, 0.4) is 0 Å². The lowest BCUT2D eigenvalue weighted by molar-refractivity contribution is -0.223. The fourth-order valence-electron chi connectivity index (χ4n) is 4.09. The van der Waals surface area contributed by atoms with E-state index >= 15 is 0 Å². The van der Waals surface area contributed by atoms with Gasteiger partial charge in [-0.15, -0.1) is 0 Å². The molecule has 1 N–H and O–H groups in total. The number of rotatable bonds is 1. The van der Waals surface area contributed by atoms with E-state index in [0.29, 0.717) is 6.61 Å². The van der Waals surface area contributed by atoms with Crippen LogP contribution >= 0.6 is 11.8 Å². The van der Waals surface area contributed by atoms with E-state index in [4.69, 9.17) is 23.7 Å². The van der Waals surface area contributed by atoms with Crippen LogP contribution in [0.4, 0.5) is 5.69 Å². The van der Waals surface area contributed by atoms with Crippen molar-refractivity contribution in [2.75, 3.05) is 11.9 Å². The summed E-state index contributed by atoms with van der Waals surface area (Å²) in [4.78, 5) is 0.680. The van der Waals surface area contributed by atoms with Crippen LogP contribution in [0, 0.1) is 0 Å². The predicted molar refractivity (Wildman–Crippen MR) is 92.3 cm³/mol. The Bertz CT molecular complexity index is 683. The molecule has 0 aliphatic carbocycles. The number of anilines is 1. The Balaban J connectivity index is 1.52. The van der Waals surface area contributed by atoms with Crippen molar-refractivity contribution < 1.29 is 23.7 Å². The fraction of sp³-hybridized carbons (Fsp3) is 0.667. The maximum absolute atomic E-state index is 6.33. The number of para-hydroxylation sites is 1. The normalized spacial score (nSPS) is 43.2. The van der Waals surface area contributed by atoms with Gasteiger partial charge in [0.1, 0.15) is 23.2 Å². The molecule has 4 aliphatic heterocycles. The third-order valence-electron chi connectivity index (χ3n) is 5.05. The van der Waals surface area contributed by atoms with E-state index < -0.39 is 22.7 Å². The van der Waals surface area contributed by atoms with Crippen LogP contribution in [0.2, 0.25) is 0 Å². The summed E-state index contributed by atoms with van der Waals surface area (Å²) in [7, 11) is 0. The molecule has 1 aromatic carbocycles. The fourth-order valence-corrected chi connectivity index (χ4v) is 5.59. The van der Waals surface area contributed by atoms with Crippen molar-refractivity contribution in [2.24, 2.45) is 0 Å². The molecule has 136 valence electrons. The first-order chi connectivity index (χ1) is 11.8. The van der Waals surface area contributed by atoms with Gasteiger partial charge in [0.25, 0.3) is 0 Å². The third-order valence-corrected chi connectivity index (χ3v) is 6.53. The summed E-state index contributed by atoms with van der Waals surface area (Å²) in [6, 6.07) is 8.27. The molecule has 5 atom stereocenters. The average molecular weight is 365 g/mol. The molecule has 4 aliphatic rings. The van der Waals surface area contributed by atoms with Crippen LogP contribution in [-0.2, 0) is 23.7 Å². The molecule has 0 bridgehead atoms. The van der Waals surface area contributed by atoms with Crippen LogP contribution in [0.15, 0.2) is 29.2 Å². The minimum atomic E-state index is -0.670. The van der Waals surface area contributed by atoms with Crippen LogP contribution in [0.1, 0.15) is 27.7 Å². The van der Waals surface area contributed by atoms with E-state index in [1.165, 1.54) is 4.90 Å². The van der Waals surface area contributed by atoms with Crippen molar-refractivity contribution in [3.63, 3.8) is 0 Å². The molecule has 7 heteroatoms. The van der Waals surface area contributed by atoms with Crippen LogP contribution < -0.4 is 5.32 Å². The monoisotopic (exact) mass is 365 g/mol. The van der Waals surface area contributed by atoms with Crippen molar-refractivity contribution in [3.05, 3.63) is 24.3 Å². The standard InChI is InChI=1S/C18H23NO5S/c1-16(2)20-9-11(22-16)13-18(14-15(21-13)24-17(3,4)23-14)19-10-7-5-6-8-12(10)25-18/h5-8,11,13-15,19H,9H2,1-4H3/t11-,13-,14+,15-,18+/m1/s1. The summed E-state index contributed by atoms with van der Waals surface area (Å²) < 4.78 is 30.5. The minimum Gasteiger partial charge on any atom is -0.365 e. The quantitative estimate of drug-likeness (QED) is 0.821.